The summed E-state index contributed by atoms with van der Waals surface area (Å²) >= 11 is 1.90. The van der Waals surface area contributed by atoms with Gasteiger partial charge in [-0.15, -0.1) is 11.3 Å². The average Bonchev–Trinajstić information content (AvgIpc) is 2.57. The summed E-state index contributed by atoms with van der Waals surface area (Å²) in [5.74, 6) is 0. The van der Waals surface area contributed by atoms with Crippen molar-refractivity contribution < 1.29 is 0 Å². The second kappa shape index (κ2) is 5.76. The number of thiazole rings is 1. The van der Waals surface area contributed by atoms with Gasteiger partial charge in [-0.25, -0.2) is 4.98 Å². The lowest BCUT2D eigenvalue weighted by molar-refractivity contribution is 0.248. The molecule has 20 heavy (non-hydrogen) atoms. The van der Waals surface area contributed by atoms with Gasteiger partial charge in [-0.1, -0.05) is 20.3 Å². The van der Waals surface area contributed by atoms with Gasteiger partial charge in [-0.3, -0.25) is 0 Å². The molecule has 1 heterocycles. The van der Waals surface area contributed by atoms with Crippen molar-refractivity contribution in [2.24, 2.45) is 5.41 Å². The Balaban J connectivity index is 2.35. The van der Waals surface area contributed by atoms with Crippen LogP contribution in [-0.2, 0) is 5.54 Å². The van der Waals surface area contributed by atoms with Crippen molar-refractivity contribution in [3.8, 4) is 0 Å². The Morgan fingerprint density at radius 2 is 1.80 bits per heavy atom. The van der Waals surface area contributed by atoms with Gasteiger partial charge in [0.1, 0.15) is 5.01 Å². The van der Waals surface area contributed by atoms with Gasteiger partial charge < -0.3 is 5.32 Å². The number of hydrogen-bond acceptors (Lipinski definition) is 3. The lowest BCUT2D eigenvalue weighted by Gasteiger charge is -2.35. The third-order valence-corrected chi connectivity index (χ3v) is 5.97. The van der Waals surface area contributed by atoms with Gasteiger partial charge in [0.2, 0.25) is 0 Å². The van der Waals surface area contributed by atoms with Gasteiger partial charge in [0, 0.05) is 10.9 Å². The van der Waals surface area contributed by atoms with Gasteiger partial charge in [-0.2, -0.15) is 0 Å². The third-order valence-electron chi connectivity index (χ3n) is 4.69. The molecule has 1 saturated carbocycles. The fourth-order valence-electron chi connectivity index (χ4n) is 3.32. The van der Waals surface area contributed by atoms with Crippen molar-refractivity contribution in [3.63, 3.8) is 0 Å². The molecule has 1 atom stereocenters. The van der Waals surface area contributed by atoms with E-state index in [1.165, 1.54) is 47.7 Å². The second-order valence-corrected chi connectivity index (χ2v) is 8.76. The maximum atomic E-state index is 4.90. The molecule has 1 aromatic heterocycles. The third kappa shape index (κ3) is 3.43. The molecule has 0 aromatic carbocycles. The fourth-order valence-corrected chi connectivity index (χ4v) is 4.44. The Hall–Kier alpha value is -0.410. The molecule has 1 unspecified atom stereocenters. The van der Waals surface area contributed by atoms with Crippen LogP contribution < -0.4 is 5.32 Å². The first kappa shape index (κ1) is 16.0. The smallest absolute Gasteiger partial charge is 0.113 e. The highest BCUT2D eigenvalue weighted by Crippen LogP contribution is 2.44. The van der Waals surface area contributed by atoms with Crippen LogP contribution in [-0.4, -0.2) is 11.0 Å². The van der Waals surface area contributed by atoms with Crippen LogP contribution >= 0.6 is 11.3 Å². The van der Waals surface area contributed by atoms with Crippen molar-refractivity contribution in [2.45, 2.75) is 85.2 Å². The molecule has 1 fully saturated rings. The van der Waals surface area contributed by atoms with Crippen LogP contribution in [0.1, 0.15) is 75.4 Å². The maximum Gasteiger partial charge on any atom is 0.113 e. The molecule has 1 aliphatic carbocycles. The maximum absolute atomic E-state index is 4.90. The predicted octanol–water partition coefficient (Wildman–Crippen LogP) is 4.94. The summed E-state index contributed by atoms with van der Waals surface area (Å²) in [6, 6.07) is 0.501. The summed E-state index contributed by atoms with van der Waals surface area (Å²) in [7, 11) is 0. The van der Waals surface area contributed by atoms with Gasteiger partial charge in [0.25, 0.3) is 0 Å². The minimum absolute atomic E-state index is 0.103. The summed E-state index contributed by atoms with van der Waals surface area (Å²) in [5.41, 5.74) is 1.78. The zero-order valence-corrected chi connectivity index (χ0v) is 14.8. The van der Waals surface area contributed by atoms with E-state index in [0.29, 0.717) is 11.5 Å². The number of nitrogens with zero attached hydrogens (tertiary/aromatic N) is 1. The Morgan fingerprint density at radius 3 is 2.35 bits per heavy atom. The molecule has 1 aromatic rings. The van der Waals surface area contributed by atoms with Crippen molar-refractivity contribution >= 4 is 11.3 Å². The number of nitrogens with one attached hydrogen (secondary N) is 1. The van der Waals surface area contributed by atoms with Crippen LogP contribution in [0.4, 0.5) is 0 Å². The number of aromatic nitrogens is 1. The molecule has 1 aliphatic rings. The minimum Gasteiger partial charge on any atom is -0.303 e. The SMILES string of the molecule is Cc1nc(C2(NC(C)C)CCCC(C)(C)CC2)sc1C. The molecule has 3 heteroatoms. The lowest BCUT2D eigenvalue weighted by atomic mass is 9.83. The summed E-state index contributed by atoms with van der Waals surface area (Å²) < 4.78 is 0. The Bertz CT molecular complexity index is 442. The minimum atomic E-state index is 0.103. The summed E-state index contributed by atoms with van der Waals surface area (Å²) in [6.07, 6.45) is 6.35. The van der Waals surface area contributed by atoms with E-state index in [9.17, 15) is 0 Å². The summed E-state index contributed by atoms with van der Waals surface area (Å²) in [6.45, 7) is 13.7. The molecule has 0 bridgehead atoms. The zero-order chi connectivity index (χ0) is 15.0. The van der Waals surface area contributed by atoms with Crippen LogP contribution in [0.5, 0.6) is 0 Å². The zero-order valence-electron chi connectivity index (χ0n) is 14.0. The Kier molecular flexibility index (Phi) is 4.60. The van der Waals surface area contributed by atoms with Crippen LogP contribution in [0, 0.1) is 19.3 Å². The van der Waals surface area contributed by atoms with E-state index in [1.54, 1.807) is 0 Å². The first-order chi connectivity index (χ1) is 9.24. The van der Waals surface area contributed by atoms with Gasteiger partial charge >= 0.3 is 0 Å². The van der Waals surface area contributed by atoms with E-state index < -0.39 is 0 Å². The van der Waals surface area contributed by atoms with Crippen LogP contribution in [0.3, 0.4) is 0 Å². The van der Waals surface area contributed by atoms with E-state index in [1.807, 2.05) is 11.3 Å². The van der Waals surface area contributed by atoms with Crippen LogP contribution in [0.25, 0.3) is 0 Å². The van der Waals surface area contributed by atoms with E-state index in [-0.39, 0.29) is 5.54 Å². The normalized spacial score (nSPS) is 26.8. The molecule has 2 nitrogen and oxygen atoms in total. The van der Waals surface area contributed by atoms with Gasteiger partial charge in [0.05, 0.1) is 11.2 Å². The molecule has 0 aliphatic heterocycles. The molecule has 0 amide bonds. The molecule has 2 rings (SSSR count). The highest BCUT2D eigenvalue weighted by molar-refractivity contribution is 7.11. The number of rotatable bonds is 3. The lowest BCUT2D eigenvalue weighted by Crippen LogP contribution is -2.45. The van der Waals surface area contributed by atoms with E-state index >= 15 is 0 Å². The highest BCUT2D eigenvalue weighted by Gasteiger charge is 2.39. The number of aryl methyl sites for hydroxylation is 2. The quantitative estimate of drug-likeness (QED) is 0.798. The highest BCUT2D eigenvalue weighted by atomic mass is 32.1. The largest absolute Gasteiger partial charge is 0.303 e. The standard InChI is InChI=1S/C17H30N2S/c1-12(2)19-17(15-18-13(3)14(4)20-15)9-7-8-16(5,6)10-11-17/h12,19H,7-11H2,1-6H3. The fraction of sp³-hybridized carbons (Fsp3) is 0.824. The molecular weight excluding hydrogens is 264 g/mol. The molecule has 0 saturated heterocycles. The van der Waals surface area contributed by atoms with E-state index in [2.05, 4.69) is 46.9 Å². The van der Waals surface area contributed by atoms with Gasteiger partial charge in [-0.05, 0) is 58.8 Å². The first-order valence-corrected chi connectivity index (χ1v) is 8.78. The molecular formula is C17H30N2S. The van der Waals surface area contributed by atoms with Crippen LogP contribution in [0.2, 0.25) is 0 Å². The average molecular weight is 295 g/mol. The van der Waals surface area contributed by atoms with Gasteiger partial charge in [0.15, 0.2) is 0 Å². The van der Waals surface area contributed by atoms with E-state index in [0.717, 1.165) is 0 Å². The van der Waals surface area contributed by atoms with Crippen molar-refractivity contribution in [1.29, 1.82) is 0 Å². The Labute approximate surface area is 128 Å². The van der Waals surface area contributed by atoms with Crippen molar-refractivity contribution in [3.05, 3.63) is 15.6 Å². The van der Waals surface area contributed by atoms with Crippen molar-refractivity contribution in [2.75, 3.05) is 0 Å². The second-order valence-electron chi connectivity index (χ2n) is 7.56. The summed E-state index contributed by atoms with van der Waals surface area (Å²) in [5, 5.41) is 5.20. The summed E-state index contributed by atoms with van der Waals surface area (Å²) in [4.78, 5) is 6.27. The monoisotopic (exact) mass is 294 g/mol. The van der Waals surface area contributed by atoms with Crippen LogP contribution in [0.15, 0.2) is 0 Å². The number of hydrogen-bond donors (Lipinski definition) is 1. The van der Waals surface area contributed by atoms with Crippen molar-refractivity contribution in [1.82, 2.24) is 10.3 Å². The molecule has 114 valence electrons. The molecule has 1 N–H and O–H groups in total. The van der Waals surface area contributed by atoms with E-state index in [4.69, 9.17) is 4.98 Å². The molecule has 0 spiro atoms. The first-order valence-electron chi connectivity index (χ1n) is 7.96. The Morgan fingerprint density at radius 1 is 1.10 bits per heavy atom. The topological polar surface area (TPSA) is 24.9 Å². The predicted molar refractivity (Wildman–Crippen MR) is 88.4 cm³/mol. The molecule has 0 radical (unpaired) electrons.